The Morgan fingerprint density at radius 2 is 2.05 bits per heavy atom. The molecule has 4 heteroatoms. The van der Waals surface area contributed by atoms with Crippen LogP contribution in [0, 0.1) is 5.92 Å². The first-order chi connectivity index (χ1) is 9.10. The molecule has 1 atom stereocenters. The van der Waals surface area contributed by atoms with Gasteiger partial charge in [0.2, 0.25) is 0 Å². The average Bonchev–Trinajstić information content (AvgIpc) is 2.34. The third-order valence-corrected chi connectivity index (χ3v) is 3.37. The second-order valence-electron chi connectivity index (χ2n) is 4.91. The van der Waals surface area contributed by atoms with Gasteiger partial charge in [0, 0.05) is 5.92 Å². The number of carbonyl (C=O) groups excluding carboxylic acids is 2. The lowest BCUT2D eigenvalue weighted by Crippen LogP contribution is -2.26. The van der Waals surface area contributed by atoms with Crippen molar-refractivity contribution in [2.75, 3.05) is 6.61 Å². The van der Waals surface area contributed by atoms with E-state index in [1.54, 1.807) is 13.8 Å². The van der Waals surface area contributed by atoms with E-state index in [9.17, 15) is 9.59 Å². The zero-order valence-corrected chi connectivity index (χ0v) is 12.2. The molecule has 1 rings (SSSR count). The Bertz CT molecular complexity index is 357. The first-order valence-corrected chi connectivity index (χ1v) is 7.18. The van der Waals surface area contributed by atoms with Crippen LogP contribution >= 0.6 is 0 Å². The summed E-state index contributed by atoms with van der Waals surface area (Å²) in [6.07, 6.45) is 5.66. The highest BCUT2D eigenvalue weighted by molar-refractivity contribution is 5.92. The van der Waals surface area contributed by atoms with Crippen LogP contribution in [0.5, 0.6) is 0 Å². The van der Waals surface area contributed by atoms with Crippen LogP contribution in [0.2, 0.25) is 0 Å². The molecule has 0 saturated heterocycles. The number of ether oxygens (including phenoxy) is 2. The van der Waals surface area contributed by atoms with Crippen molar-refractivity contribution in [1.29, 1.82) is 0 Å². The molecule has 0 fully saturated rings. The molecule has 0 N–H and O–H groups in total. The molecular weight excluding hydrogens is 244 g/mol. The fraction of sp³-hybridized carbons (Fsp3) is 0.733. The molecule has 0 saturated carbocycles. The minimum atomic E-state index is -0.340. The average molecular weight is 268 g/mol. The molecule has 0 spiro atoms. The van der Waals surface area contributed by atoms with Crippen LogP contribution in [-0.4, -0.2) is 18.5 Å². The van der Waals surface area contributed by atoms with Gasteiger partial charge in [0.05, 0.1) is 18.6 Å². The Morgan fingerprint density at radius 1 is 1.32 bits per heavy atom. The Kier molecular flexibility index (Phi) is 6.60. The van der Waals surface area contributed by atoms with Gasteiger partial charge in [0.15, 0.2) is 0 Å². The highest BCUT2D eigenvalue weighted by Crippen LogP contribution is 2.31. The largest absolute Gasteiger partial charge is 0.463 e. The molecular formula is C15H24O4. The zero-order chi connectivity index (χ0) is 14.3. The fourth-order valence-corrected chi connectivity index (χ4v) is 2.44. The predicted octanol–water partition coefficient (Wildman–Crippen LogP) is 3.36. The van der Waals surface area contributed by atoms with Crippen molar-refractivity contribution in [3.05, 3.63) is 11.3 Å². The Balaban J connectivity index is 2.70. The maximum Gasteiger partial charge on any atom is 0.337 e. The van der Waals surface area contributed by atoms with Crippen LogP contribution in [0.3, 0.4) is 0 Å². The lowest BCUT2D eigenvalue weighted by atomic mass is 9.87. The summed E-state index contributed by atoms with van der Waals surface area (Å²) in [5.41, 5.74) is 0.554. The first kappa shape index (κ1) is 15.7. The van der Waals surface area contributed by atoms with Gasteiger partial charge in [0.1, 0.15) is 5.76 Å². The Labute approximate surface area is 115 Å². The molecule has 1 unspecified atom stereocenters. The summed E-state index contributed by atoms with van der Waals surface area (Å²) in [7, 11) is 0. The Morgan fingerprint density at radius 3 is 2.68 bits per heavy atom. The lowest BCUT2D eigenvalue weighted by molar-refractivity contribution is -0.145. The van der Waals surface area contributed by atoms with Crippen molar-refractivity contribution in [3.8, 4) is 0 Å². The van der Waals surface area contributed by atoms with E-state index in [2.05, 4.69) is 6.92 Å². The van der Waals surface area contributed by atoms with Crippen molar-refractivity contribution in [2.45, 2.75) is 59.3 Å². The second-order valence-corrected chi connectivity index (χ2v) is 4.91. The maximum absolute atomic E-state index is 11.9. The number of cyclic esters (lactones) is 1. The number of rotatable bonds is 7. The van der Waals surface area contributed by atoms with Crippen molar-refractivity contribution in [1.82, 2.24) is 0 Å². The van der Waals surface area contributed by atoms with Crippen molar-refractivity contribution < 1.29 is 19.1 Å². The van der Waals surface area contributed by atoms with E-state index < -0.39 is 0 Å². The summed E-state index contributed by atoms with van der Waals surface area (Å²) in [6.45, 7) is 5.94. The number of hydrogen-bond donors (Lipinski definition) is 0. The summed E-state index contributed by atoms with van der Waals surface area (Å²) in [5.74, 6) is -0.216. The van der Waals surface area contributed by atoms with E-state index in [4.69, 9.17) is 9.47 Å². The summed E-state index contributed by atoms with van der Waals surface area (Å²) >= 11 is 0. The van der Waals surface area contributed by atoms with Crippen LogP contribution in [0.1, 0.15) is 59.3 Å². The van der Waals surface area contributed by atoms with Gasteiger partial charge in [-0.2, -0.15) is 0 Å². The van der Waals surface area contributed by atoms with Gasteiger partial charge in [-0.05, 0) is 20.3 Å². The number of unbranched alkanes of at least 4 members (excludes halogenated alkanes) is 3. The molecule has 0 aliphatic carbocycles. The normalized spacial score (nSPS) is 19.3. The molecule has 4 nitrogen and oxygen atoms in total. The monoisotopic (exact) mass is 268 g/mol. The SMILES string of the molecule is CCCCCCC1CC(=O)OC(C)=C1C(=O)OCC. The minimum absolute atomic E-state index is 0.0443. The molecule has 0 aromatic heterocycles. The highest BCUT2D eigenvalue weighted by atomic mass is 16.5. The topological polar surface area (TPSA) is 52.6 Å². The summed E-state index contributed by atoms with van der Waals surface area (Å²) < 4.78 is 10.1. The van der Waals surface area contributed by atoms with Crippen LogP contribution in [-0.2, 0) is 19.1 Å². The third-order valence-electron chi connectivity index (χ3n) is 3.37. The molecule has 19 heavy (non-hydrogen) atoms. The summed E-state index contributed by atoms with van der Waals surface area (Å²) in [6, 6.07) is 0. The van der Waals surface area contributed by atoms with Crippen molar-refractivity contribution >= 4 is 11.9 Å². The summed E-state index contributed by atoms with van der Waals surface area (Å²) in [5, 5.41) is 0. The van der Waals surface area contributed by atoms with Gasteiger partial charge in [-0.3, -0.25) is 4.79 Å². The van der Waals surface area contributed by atoms with Gasteiger partial charge in [0.25, 0.3) is 0 Å². The molecule has 1 aliphatic heterocycles. The van der Waals surface area contributed by atoms with E-state index in [0.29, 0.717) is 17.9 Å². The smallest absolute Gasteiger partial charge is 0.337 e. The maximum atomic E-state index is 11.9. The molecule has 0 aromatic carbocycles. The Hall–Kier alpha value is -1.32. The molecule has 108 valence electrons. The van der Waals surface area contributed by atoms with E-state index in [0.717, 1.165) is 19.3 Å². The quantitative estimate of drug-likeness (QED) is 0.525. The fourth-order valence-electron chi connectivity index (χ4n) is 2.44. The highest BCUT2D eigenvalue weighted by Gasteiger charge is 2.32. The third kappa shape index (κ3) is 4.69. The molecule has 0 amide bonds. The molecule has 1 aliphatic rings. The molecule has 1 heterocycles. The van der Waals surface area contributed by atoms with E-state index in [-0.39, 0.29) is 24.3 Å². The van der Waals surface area contributed by atoms with Crippen LogP contribution in [0.4, 0.5) is 0 Å². The first-order valence-electron chi connectivity index (χ1n) is 7.18. The van der Waals surface area contributed by atoms with Crippen molar-refractivity contribution in [2.24, 2.45) is 5.92 Å². The van der Waals surface area contributed by atoms with E-state index in [1.165, 1.54) is 12.8 Å². The van der Waals surface area contributed by atoms with Gasteiger partial charge < -0.3 is 9.47 Å². The molecule has 0 radical (unpaired) electrons. The lowest BCUT2D eigenvalue weighted by Gasteiger charge is -2.25. The van der Waals surface area contributed by atoms with Crippen LogP contribution < -0.4 is 0 Å². The van der Waals surface area contributed by atoms with Gasteiger partial charge in [-0.25, -0.2) is 4.79 Å². The van der Waals surface area contributed by atoms with Crippen LogP contribution in [0.25, 0.3) is 0 Å². The van der Waals surface area contributed by atoms with Crippen molar-refractivity contribution in [3.63, 3.8) is 0 Å². The number of esters is 2. The number of carbonyl (C=O) groups is 2. The number of hydrogen-bond acceptors (Lipinski definition) is 4. The van der Waals surface area contributed by atoms with Gasteiger partial charge >= 0.3 is 11.9 Å². The molecule has 0 bridgehead atoms. The van der Waals surface area contributed by atoms with Crippen LogP contribution in [0.15, 0.2) is 11.3 Å². The molecule has 0 aromatic rings. The predicted molar refractivity (Wildman–Crippen MR) is 72.3 cm³/mol. The standard InChI is InChI=1S/C15H24O4/c1-4-6-7-8-9-12-10-13(16)19-11(3)14(12)15(17)18-5-2/h12H,4-10H2,1-3H3. The van der Waals surface area contributed by atoms with Gasteiger partial charge in [-0.1, -0.05) is 32.6 Å². The number of allylic oxidation sites excluding steroid dienone is 1. The minimum Gasteiger partial charge on any atom is -0.463 e. The van der Waals surface area contributed by atoms with E-state index in [1.807, 2.05) is 0 Å². The summed E-state index contributed by atoms with van der Waals surface area (Å²) in [4.78, 5) is 23.4. The van der Waals surface area contributed by atoms with Gasteiger partial charge in [-0.15, -0.1) is 0 Å². The second kappa shape index (κ2) is 7.97. The zero-order valence-electron chi connectivity index (χ0n) is 12.2. The van der Waals surface area contributed by atoms with E-state index >= 15 is 0 Å².